The van der Waals surface area contributed by atoms with Crippen LogP contribution in [0.5, 0.6) is 0 Å². The van der Waals surface area contributed by atoms with Gasteiger partial charge in [0.05, 0.1) is 0 Å². The summed E-state index contributed by atoms with van der Waals surface area (Å²) in [5, 5.41) is 0. The molecule has 78 valence electrons. The van der Waals surface area contributed by atoms with Crippen molar-refractivity contribution in [2.24, 2.45) is 11.8 Å². The number of carbonyl (C=O) groups excluding carboxylic acids is 2. The lowest BCUT2D eigenvalue weighted by atomic mass is 9.78. The van der Waals surface area contributed by atoms with Crippen LogP contribution in [0.25, 0.3) is 0 Å². The van der Waals surface area contributed by atoms with Gasteiger partial charge in [0.15, 0.2) is 11.6 Å². The van der Waals surface area contributed by atoms with Gasteiger partial charge < -0.3 is 0 Å². The number of Topliss-reactive ketones (excluding diaryl/α,β-unsaturated/α-hetero) is 2. The Hall–Kier alpha value is -1.18. The highest BCUT2D eigenvalue weighted by molar-refractivity contribution is 6.25. The molecule has 2 nitrogen and oxygen atoms in total. The van der Waals surface area contributed by atoms with E-state index < -0.39 is 0 Å². The molecular weight excluding hydrogens is 188 g/mol. The zero-order valence-electron chi connectivity index (χ0n) is 9.09. The Bertz CT molecular complexity index is 411. The molecule has 2 unspecified atom stereocenters. The molecule has 3 aliphatic carbocycles. The third-order valence-electron chi connectivity index (χ3n) is 4.27. The second kappa shape index (κ2) is 2.69. The van der Waals surface area contributed by atoms with Crippen molar-refractivity contribution in [3.05, 3.63) is 22.3 Å². The molecule has 0 aliphatic heterocycles. The first kappa shape index (κ1) is 9.08. The largest absolute Gasteiger partial charge is 0.289 e. The van der Waals surface area contributed by atoms with Crippen LogP contribution in [0.1, 0.15) is 33.1 Å². The number of hydrogen-bond acceptors (Lipinski definition) is 2. The summed E-state index contributed by atoms with van der Waals surface area (Å²) in [6, 6.07) is 0. The van der Waals surface area contributed by atoms with E-state index in [1.807, 2.05) is 0 Å². The van der Waals surface area contributed by atoms with Crippen LogP contribution in [0, 0.1) is 11.8 Å². The highest BCUT2D eigenvalue weighted by Gasteiger charge is 2.47. The Morgan fingerprint density at radius 3 is 1.67 bits per heavy atom. The Morgan fingerprint density at radius 2 is 1.27 bits per heavy atom. The molecule has 0 amide bonds. The maximum Gasteiger partial charge on any atom is 0.185 e. The van der Waals surface area contributed by atoms with Gasteiger partial charge in [-0.25, -0.2) is 0 Å². The second-order valence-electron chi connectivity index (χ2n) is 4.94. The third kappa shape index (κ3) is 0.947. The van der Waals surface area contributed by atoms with Crippen molar-refractivity contribution in [3.8, 4) is 0 Å². The van der Waals surface area contributed by atoms with Crippen LogP contribution >= 0.6 is 0 Å². The molecule has 2 bridgehead atoms. The topological polar surface area (TPSA) is 34.1 Å². The summed E-state index contributed by atoms with van der Waals surface area (Å²) in [4.78, 5) is 24.2. The summed E-state index contributed by atoms with van der Waals surface area (Å²) in [6.45, 7) is 3.57. The lowest BCUT2D eigenvalue weighted by molar-refractivity contribution is -0.117. The summed E-state index contributed by atoms with van der Waals surface area (Å²) in [6.07, 6.45) is 3.26. The van der Waals surface area contributed by atoms with Crippen LogP contribution in [0.15, 0.2) is 22.3 Å². The Kier molecular flexibility index (Phi) is 1.63. The van der Waals surface area contributed by atoms with Gasteiger partial charge in [-0.3, -0.25) is 9.59 Å². The van der Waals surface area contributed by atoms with Crippen molar-refractivity contribution < 1.29 is 9.59 Å². The van der Waals surface area contributed by atoms with Crippen LogP contribution in [-0.4, -0.2) is 11.6 Å². The fourth-order valence-electron chi connectivity index (χ4n) is 3.31. The molecule has 0 spiro atoms. The zero-order valence-corrected chi connectivity index (χ0v) is 9.09. The van der Waals surface area contributed by atoms with Crippen molar-refractivity contribution in [1.82, 2.24) is 0 Å². The van der Waals surface area contributed by atoms with E-state index in [1.54, 1.807) is 13.8 Å². The molecule has 0 N–H and O–H groups in total. The minimum atomic E-state index is 0.147. The van der Waals surface area contributed by atoms with Crippen molar-refractivity contribution >= 4 is 11.6 Å². The monoisotopic (exact) mass is 202 g/mol. The van der Waals surface area contributed by atoms with Gasteiger partial charge in [-0.2, -0.15) is 0 Å². The minimum absolute atomic E-state index is 0.147. The van der Waals surface area contributed by atoms with E-state index >= 15 is 0 Å². The Balaban J connectivity index is 2.19. The average Bonchev–Trinajstić information content (AvgIpc) is 2.82. The maximum absolute atomic E-state index is 12.1. The van der Waals surface area contributed by atoms with Gasteiger partial charge in [0.25, 0.3) is 0 Å². The SMILES string of the molecule is CC1=C(C)C(=O)C2=C(C1=O)C1CCC2C1. The molecule has 3 aliphatic rings. The molecule has 0 aromatic carbocycles. The highest BCUT2D eigenvalue weighted by atomic mass is 16.1. The van der Waals surface area contributed by atoms with Gasteiger partial charge in [0, 0.05) is 22.3 Å². The Morgan fingerprint density at radius 1 is 0.867 bits per heavy atom. The van der Waals surface area contributed by atoms with E-state index in [0.717, 1.165) is 30.4 Å². The number of fused-ring (bicyclic) bond motifs is 4. The van der Waals surface area contributed by atoms with Crippen LogP contribution in [-0.2, 0) is 9.59 Å². The Labute approximate surface area is 89.0 Å². The quantitative estimate of drug-likeness (QED) is 0.564. The standard InChI is InChI=1S/C13H14O2/c1-6-7(2)13(15)11-9-4-3-8(5-9)10(11)12(6)14/h8-9H,3-5H2,1-2H3. The van der Waals surface area contributed by atoms with Gasteiger partial charge in [-0.1, -0.05) is 0 Å². The summed E-state index contributed by atoms with van der Waals surface area (Å²) >= 11 is 0. The third-order valence-corrected chi connectivity index (χ3v) is 4.27. The van der Waals surface area contributed by atoms with E-state index in [2.05, 4.69) is 0 Å². The number of rotatable bonds is 0. The van der Waals surface area contributed by atoms with E-state index in [9.17, 15) is 9.59 Å². The molecule has 1 saturated carbocycles. The fourth-order valence-corrected chi connectivity index (χ4v) is 3.31. The van der Waals surface area contributed by atoms with Gasteiger partial charge in [0.2, 0.25) is 0 Å². The molecule has 0 aromatic heterocycles. The molecule has 0 radical (unpaired) electrons. The predicted molar refractivity (Wildman–Crippen MR) is 56.2 cm³/mol. The summed E-state index contributed by atoms with van der Waals surface area (Å²) in [7, 11) is 0. The fraction of sp³-hybridized carbons (Fsp3) is 0.538. The number of allylic oxidation sites excluding steroid dienone is 4. The van der Waals surface area contributed by atoms with Gasteiger partial charge in [0.1, 0.15) is 0 Å². The average molecular weight is 202 g/mol. The summed E-state index contributed by atoms with van der Waals surface area (Å²) < 4.78 is 0. The maximum atomic E-state index is 12.1. The molecule has 0 saturated heterocycles. The first-order chi connectivity index (χ1) is 7.11. The first-order valence-electron chi connectivity index (χ1n) is 5.62. The van der Waals surface area contributed by atoms with Gasteiger partial charge >= 0.3 is 0 Å². The lowest BCUT2D eigenvalue weighted by Crippen LogP contribution is -2.25. The molecule has 0 heterocycles. The van der Waals surface area contributed by atoms with Crippen molar-refractivity contribution in [2.45, 2.75) is 33.1 Å². The molecule has 1 fully saturated rings. The zero-order chi connectivity index (χ0) is 10.7. The summed E-state index contributed by atoms with van der Waals surface area (Å²) in [5.41, 5.74) is 3.09. The number of hydrogen-bond donors (Lipinski definition) is 0. The second-order valence-corrected chi connectivity index (χ2v) is 4.94. The van der Waals surface area contributed by atoms with E-state index in [4.69, 9.17) is 0 Å². The first-order valence-corrected chi connectivity index (χ1v) is 5.62. The predicted octanol–water partition coefficient (Wildman–Crippen LogP) is 2.20. The van der Waals surface area contributed by atoms with Crippen LogP contribution < -0.4 is 0 Å². The molecule has 15 heavy (non-hydrogen) atoms. The molecular formula is C13H14O2. The normalized spacial score (nSPS) is 34.3. The van der Waals surface area contributed by atoms with E-state index in [0.29, 0.717) is 23.0 Å². The molecule has 2 atom stereocenters. The highest BCUT2D eigenvalue weighted by Crippen LogP contribution is 2.51. The van der Waals surface area contributed by atoms with E-state index in [1.165, 1.54) is 0 Å². The molecule has 2 heteroatoms. The number of ketones is 2. The smallest absolute Gasteiger partial charge is 0.185 e. The number of carbonyl (C=O) groups is 2. The van der Waals surface area contributed by atoms with Gasteiger partial charge in [-0.05, 0) is 44.9 Å². The molecule has 0 aromatic rings. The van der Waals surface area contributed by atoms with Crippen LogP contribution in [0.2, 0.25) is 0 Å². The van der Waals surface area contributed by atoms with Crippen molar-refractivity contribution in [2.75, 3.05) is 0 Å². The van der Waals surface area contributed by atoms with E-state index in [-0.39, 0.29) is 11.6 Å². The van der Waals surface area contributed by atoms with Crippen molar-refractivity contribution in [1.29, 1.82) is 0 Å². The van der Waals surface area contributed by atoms with Gasteiger partial charge in [-0.15, -0.1) is 0 Å². The molecule has 3 rings (SSSR count). The lowest BCUT2D eigenvalue weighted by Gasteiger charge is -2.23. The van der Waals surface area contributed by atoms with Crippen molar-refractivity contribution in [3.63, 3.8) is 0 Å². The summed E-state index contributed by atoms with van der Waals surface area (Å²) in [5.74, 6) is 1.08. The van der Waals surface area contributed by atoms with Crippen LogP contribution in [0.4, 0.5) is 0 Å². The minimum Gasteiger partial charge on any atom is -0.289 e. The van der Waals surface area contributed by atoms with Crippen LogP contribution in [0.3, 0.4) is 0 Å².